The Morgan fingerprint density at radius 1 is 1.83 bits per heavy atom. The van der Waals surface area contributed by atoms with Gasteiger partial charge in [0, 0.05) is 0 Å². The quantitative estimate of drug-likeness (QED) is 0.471. The Bertz CT molecular complexity index is 42.8. The second-order valence-electron chi connectivity index (χ2n) is 0.997. The van der Waals surface area contributed by atoms with Crippen LogP contribution in [0.2, 0.25) is 0 Å². The fraction of sp³-hybridized carbons (Fsp3) is 0.500. The molecule has 0 unspecified atom stereocenters. The molecule has 2 N–H and O–H groups in total. The van der Waals surface area contributed by atoms with E-state index in [9.17, 15) is 0 Å². The summed E-state index contributed by atoms with van der Waals surface area (Å²) in [6, 6.07) is 0. The maximum Gasteiger partial charge on any atom is 0.158 e. The molecule has 0 fully saturated rings. The summed E-state index contributed by atoms with van der Waals surface area (Å²) in [7, 11) is 1.90. The summed E-state index contributed by atoms with van der Waals surface area (Å²) in [6.45, 7) is 1.96. The largest absolute Gasteiger partial charge is 0.338 e. The summed E-state index contributed by atoms with van der Waals surface area (Å²) in [5.74, 6) is 1.93. The summed E-state index contributed by atoms with van der Waals surface area (Å²) in [4.78, 5) is 0. The molecule has 0 aliphatic carbocycles. The molecule has 1 radical (unpaired) electrons. The molecule has 33 valence electrons. The highest BCUT2D eigenvalue weighted by Gasteiger charge is 1.69. The SMILES string of the molecule is C/C=C/[B]CN. The number of hydrogen-bond donors (Lipinski definition) is 1. The lowest BCUT2D eigenvalue weighted by atomic mass is 9.79. The molecule has 0 aliphatic rings. The van der Waals surface area contributed by atoms with Crippen LogP contribution in [-0.4, -0.2) is 13.7 Å². The minimum Gasteiger partial charge on any atom is -0.338 e. The van der Waals surface area contributed by atoms with Gasteiger partial charge in [0.05, 0.1) is 0 Å². The van der Waals surface area contributed by atoms with E-state index in [1.165, 1.54) is 0 Å². The second-order valence-corrected chi connectivity index (χ2v) is 0.997. The molecule has 0 saturated carbocycles. The van der Waals surface area contributed by atoms with E-state index in [4.69, 9.17) is 5.73 Å². The molecule has 2 heteroatoms. The number of allylic oxidation sites excluding steroid dienone is 1. The van der Waals surface area contributed by atoms with Crippen LogP contribution in [0.3, 0.4) is 0 Å². The Balaban J connectivity index is 2.66. The molecule has 0 saturated heterocycles. The molecule has 0 atom stereocenters. The lowest BCUT2D eigenvalue weighted by molar-refractivity contribution is 1.37. The fourth-order valence-corrected chi connectivity index (χ4v) is 0.215. The van der Waals surface area contributed by atoms with E-state index in [0.29, 0.717) is 6.44 Å². The Kier molecular flexibility index (Phi) is 4.58. The van der Waals surface area contributed by atoms with Gasteiger partial charge in [-0.15, -0.1) is 12.1 Å². The highest BCUT2D eigenvalue weighted by molar-refractivity contribution is 6.42. The first-order chi connectivity index (χ1) is 2.91. The highest BCUT2D eigenvalue weighted by Crippen LogP contribution is 1.60. The Labute approximate surface area is 39.5 Å². The standard InChI is InChI=1S/C4H9BN/c1-2-3-5-4-6/h2-3H,4,6H2,1H3/b3-2+. The van der Waals surface area contributed by atoms with Gasteiger partial charge in [-0.3, -0.25) is 0 Å². The van der Waals surface area contributed by atoms with Gasteiger partial charge >= 0.3 is 0 Å². The molecule has 0 amide bonds. The number of hydrogen-bond acceptors (Lipinski definition) is 1. The van der Waals surface area contributed by atoms with Crippen molar-refractivity contribution in [2.24, 2.45) is 5.73 Å². The lowest BCUT2D eigenvalue weighted by Gasteiger charge is -1.74. The van der Waals surface area contributed by atoms with Crippen LogP contribution in [0.25, 0.3) is 0 Å². The van der Waals surface area contributed by atoms with Gasteiger partial charge in [0.1, 0.15) is 0 Å². The van der Waals surface area contributed by atoms with Gasteiger partial charge in [-0.05, 0) is 13.4 Å². The van der Waals surface area contributed by atoms with Crippen LogP contribution < -0.4 is 5.73 Å². The van der Waals surface area contributed by atoms with Crippen LogP contribution in [0.15, 0.2) is 12.1 Å². The number of nitrogens with two attached hydrogens (primary N) is 1. The van der Waals surface area contributed by atoms with Gasteiger partial charge in [-0.1, -0.05) is 0 Å². The Hall–Kier alpha value is -0.235. The van der Waals surface area contributed by atoms with Gasteiger partial charge < -0.3 is 5.73 Å². The van der Waals surface area contributed by atoms with Crippen molar-refractivity contribution in [1.29, 1.82) is 0 Å². The second kappa shape index (κ2) is 4.76. The van der Waals surface area contributed by atoms with Crippen molar-refractivity contribution >= 4 is 7.28 Å². The fourth-order valence-electron chi connectivity index (χ4n) is 0.215. The molecule has 0 spiro atoms. The molecular weight excluding hydrogens is 72.9 g/mol. The predicted octanol–water partition coefficient (Wildman–Crippen LogP) is 0.140. The zero-order valence-corrected chi connectivity index (χ0v) is 4.02. The zero-order valence-electron chi connectivity index (χ0n) is 4.02. The van der Waals surface area contributed by atoms with E-state index < -0.39 is 0 Å². The van der Waals surface area contributed by atoms with Crippen LogP contribution in [0.5, 0.6) is 0 Å². The molecule has 0 aromatic carbocycles. The van der Waals surface area contributed by atoms with Crippen LogP contribution in [0.1, 0.15) is 6.92 Å². The van der Waals surface area contributed by atoms with Crippen LogP contribution in [0, 0.1) is 0 Å². The third kappa shape index (κ3) is 3.76. The van der Waals surface area contributed by atoms with E-state index in [-0.39, 0.29) is 0 Å². The Morgan fingerprint density at radius 2 is 2.50 bits per heavy atom. The third-order valence-corrected chi connectivity index (χ3v) is 0.465. The van der Waals surface area contributed by atoms with Gasteiger partial charge in [-0.25, -0.2) is 0 Å². The molecule has 1 nitrogen and oxygen atoms in total. The van der Waals surface area contributed by atoms with Gasteiger partial charge in [0.25, 0.3) is 0 Å². The first-order valence-electron chi connectivity index (χ1n) is 2.06. The highest BCUT2D eigenvalue weighted by atomic mass is 14.5. The van der Waals surface area contributed by atoms with Crippen LogP contribution in [0.4, 0.5) is 0 Å². The lowest BCUT2D eigenvalue weighted by Crippen LogP contribution is -2.05. The van der Waals surface area contributed by atoms with Crippen molar-refractivity contribution in [3.05, 3.63) is 12.1 Å². The molecular formula is C4H9BN. The maximum atomic E-state index is 5.11. The van der Waals surface area contributed by atoms with Crippen molar-refractivity contribution < 1.29 is 0 Å². The van der Waals surface area contributed by atoms with Gasteiger partial charge in [0.15, 0.2) is 7.28 Å². The van der Waals surface area contributed by atoms with Crippen molar-refractivity contribution in [1.82, 2.24) is 0 Å². The van der Waals surface area contributed by atoms with Crippen molar-refractivity contribution in [3.8, 4) is 0 Å². The first kappa shape index (κ1) is 5.76. The van der Waals surface area contributed by atoms with E-state index >= 15 is 0 Å². The predicted molar refractivity (Wildman–Crippen MR) is 29.6 cm³/mol. The average Bonchev–Trinajstić information content (AvgIpc) is 1.61. The van der Waals surface area contributed by atoms with E-state index in [2.05, 4.69) is 0 Å². The summed E-state index contributed by atoms with van der Waals surface area (Å²) in [5.41, 5.74) is 5.11. The molecule has 0 aromatic rings. The molecule has 0 aliphatic heterocycles. The van der Waals surface area contributed by atoms with Gasteiger partial charge in [0.2, 0.25) is 0 Å². The van der Waals surface area contributed by atoms with E-state index in [0.717, 1.165) is 0 Å². The topological polar surface area (TPSA) is 26.0 Å². The first-order valence-corrected chi connectivity index (χ1v) is 2.06. The summed E-state index contributed by atoms with van der Waals surface area (Å²) in [6.07, 6.45) is 2.59. The Morgan fingerprint density at radius 3 is 2.67 bits per heavy atom. The normalized spacial score (nSPS) is 9.67. The minimum absolute atomic E-state index is 0.643. The molecule has 0 aromatic heterocycles. The third-order valence-electron chi connectivity index (χ3n) is 0.465. The van der Waals surface area contributed by atoms with E-state index in [1.54, 1.807) is 0 Å². The number of rotatable bonds is 2. The maximum absolute atomic E-state index is 5.11. The summed E-state index contributed by atoms with van der Waals surface area (Å²) >= 11 is 0. The zero-order chi connectivity index (χ0) is 4.83. The monoisotopic (exact) mass is 82.1 g/mol. The summed E-state index contributed by atoms with van der Waals surface area (Å²) in [5, 5.41) is 0. The van der Waals surface area contributed by atoms with Crippen molar-refractivity contribution in [2.45, 2.75) is 6.92 Å². The average molecular weight is 81.9 g/mol. The molecule has 0 rings (SSSR count). The van der Waals surface area contributed by atoms with Gasteiger partial charge in [-0.2, -0.15) is 0 Å². The smallest absolute Gasteiger partial charge is 0.158 e. The van der Waals surface area contributed by atoms with E-state index in [1.807, 2.05) is 26.3 Å². The molecule has 6 heavy (non-hydrogen) atoms. The van der Waals surface area contributed by atoms with Crippen LogP contribution >= 0.6 is 0 Å². The van der Waals surface area contributed by atoms with Crippen molar-refractivity contribution in [2.75, 3.05) is 6.44 Å². The minimum atomic E-state index is 0.643. The summed E-state index contributed by atoms with van der Waals surface area (Å²) < 4.78 is 0. The van der Waals surface area contributed by atoms with Crippen molar-refractivity contribution in [3.63, 3.8) is 0 Å². The molecule has 0 heterocycles. The molecule has 0 bridgehead atoms. The van der Waals surface area contributed by atoms with Crippen LogP contribution in [-0.2, 0) is 0 Å².